The Morgan fingerprint density at radius 2 is 1.69 bits per heavy atom. The molecule has 2 fully saturated rings. The highest BCUT2D eigenvalue weighted by Gasteiger charge is 2.44. The average molecular weight is 652 g/mol. The van der Waals surface area contributed by atoms with Crippen LogP contribution in [0.1, 0.15) is 79.9 Å². The van der Waals surface area contributed by atoms with Crippen LogP contribution >= 0.6 is 0 Å². The number of rotatable bonds is 7. The molecule has 0 spiro atoms. The molecule has 1 unspecified atom stereocenters. The lowest BCUT2D eigenvalue weighted by Crippen LogP contribution is -2.50. The maximum atomic E-state index is 14.6. The van der Waals surface area contributed by atoms with E-state index in [0.29, 0.717) is 43.8 Å². The second-order valence-corrected chi connectivity index (χ2v) is 14.1. The van der Waals surface area contributed by atoms with Crippen molar-refractivity contribution in [3.63, 3.8) is 0 Å². The number of fused-ring (bicyclic) bond motifs is 1. The van der Waals surface area contributed by atoms with Crippen LogP contribution in [0.2, 0.25) is 0 Å². The Bertz CT molecular complexity index is 1740. The van der Waals surface area contributed by atoms with Crippen LogP contribution < -0.4 is 0 Å². The summed E-state index contributed by atoms with van der Waals surface area (Å²) in [5, 5.41) is 5.24. The maximum Gasteiger partial charge on any atom is 0.435 e. The minimum atomic E-state index is -0.645. The van der Waals surface area contributed by atoms with E-state index < -0.39 is 17.1 Å². The molecule has 2 aliphatic rings. The topological polar surface area (TPSA) is 100.0 Å². The molecule has 3 aromatic carbocycles. The second kappa shape index (κ2) is 14.3. The number of esters is 1. The third kappa shape index (κ3) is 7.46. The quantitative estimate of drug-likeness (QED) is 0.197. The van der Waals surface area contributed by atoms with Crippen LogP contribution in [0, 0.1) is 5.92 Å². The fraction of sp³-hybridized carbons (Fsp3) is 0.436. The Morgan fingerprint density at radius 1 is 0.938 bits per heavy atom. The largest absolute Gasteiger partial charge is 0.457 e. The Hall–Kier alpha value is -4.50. The predicted molar refractivity (Wildman–Crippen MR) is 183 cm³/mol. The lowest BCUT2D eigenvalue weighted by atomic mass is 9.68. The van der Waals surface area contributed by atoms with Crippen molar-refractivity contribution in [2.75, 3.05) is 26.3 Å². The standard InChI is InChI=1S/C39H45N3O6/c1-38(2,3)48-37(45)42-34-14-10-13-31(33(34)24-40-42)23-29-25-41(21-22-46-26-29)36(44)39(19-8-5-9-20-39)32-17-15-30(16-18-32)35(43)47-27-28-11-6-4-7-12-28/h4,6-7,10-18,24,29H,5,8-9,19-23,25-27H2,1-3H3. The zero-order chi connectivity index (χ0) is 33.7. The molecule has 0 N–H and O–H groups in total. The number of carbonyl (C=O) groups excluding carboxylic acids is 3. The van der Waals surface area contributed by atoms with Gasteiger partial charge in [-0.05, 0) is 74.9 Å². The highest BCUT2D eigenvalue weighted by atomic mass is 16.6. The second-order valence-electron chi connectivity index (χ2n) is 14.1. The molecule has 0 radical (unpaired) electrons. The van der Waals surface area contributed by atoms with Crippen LogP contribution in [0.25, 0.3) is 10.9 Å². The molecule has 4 aromatic rings. The number of benzene rings is 3. The van der Waals surface area contributed by atoms with Gasteiger partial charge in [-0.1, -0.05) is 73.9 Å². The van der Waals surface area contributed by atoms with Gasteiger partial charge in [0.25, 0.3) is 0 Å². The molecular weight excluding hydrogens is 606 g/mol. The van der Waals surface area contributed by atoms with Crippen molar-refractivity contribution in [1.82, 2.24) is 14.7 Å². The van der Waals surface area contributed by atoms with E-state index >= 15 is 0 Å². The van der Waals surface area contributed by atoms with E-state index in [2.05, 4.69) is 11.2 Å². The van der Waals surface area contributed by atoms with Crippen molar-refractivity contribution in [3.8, 4) is 0 Å². The number of hydrogen-bond donors (Lipinski definition) is 0. The highest BCUT2D eigenvalue weighted by Crippen LogP contribution is 2.41. The lowest BCUT2D eigenvalue weighted by molar-refractivity contribution is -0.139. The Labute approximate surface area is 282 Å². The first-order valence-electron chi connectivity index (χ1n) is 17.0. The van der Waals surface area contributed by atoms with Gasteiger partial charge in [0.05, 0.1) is 35.9 Å². The summed E-state index contributed by atoms with van der Waals surface area (Å²) in [7, 11) is 0. The first-order valence-corrected chi connectivity index (χ1v) is 17.0. The Kier molecular flexibility index (Phi) is 9.96. The molecule has 9 nitrogen and oxygen atoms in total. The molecule has 1 amide bonds. The van der Waals surface area contributed by atoms with Crippen molar-refractivity contribution in [2.24, 2.45) is 5.92 Å². The van der Waals surface area contributed by atoms with E-state index in [1.807, 2.05) is 80.3 Å². The summed E-state index contributed by atoms with van der Waals surface area (Å²) < 4.78 is 18.5. The minimum absolute atomic E-state index is 0.0642. The number of amides is 1. The first-order chi connectivity index (χ1) is 23.1. The molecule has 6 rings (SSSR count). The van der Waals surface area contributed by atoms with Crippen molar-refractivity contribution in [2.45, 2.75) is 76.9 Å². The number of nitrogens with zero attached hydrogens (tertiary/aromatic N) is 3. The molecule has 2 heterocycles. The van der Waals surface area contributed by atoms with E-state index in [1.54, 1.807) is 18.3 Å². The van der Waals surface area contributed by atoms with Gasteiger partial charge < -0.3 is 19.1 Å². The lowest BCUT2D eigenvalue weighted by Gasteiger charge is -2.40. The molecule has 9 heteroatoms. The molecule has 0 bridgehead atoms. The van der Waals surface area contributed by atoms with Gasteiger partial charge >= 0.3 is 12.1 Å². The summed E-state index contributed by atoms with van der Waals surface area (Å²) in [5.74, 6) is -0.184. The van der Waals surface area contributed by atoms with Crippen LogP contribution in [0.5, 0.6) is 0 Å². The average Bonchev–Trinajstić information content (AvgIpc) is 3.40. The van der Waals surface area contributed by atoms with Crippen LogP contribution in [-0.4, -0.2) is 64.6 Å². The van der Waals surface area contributed by atoms with Gasteiger partial charge in [-0.15, -0.1) is 0 Å². The van der Waals surface area contributed by atoms with Crippen LogP contribution in [0.15, 0.2) is 79.0 Å². The van der Waals surface area contributed by atoms with Gasteiger partial charge in [0.1, 0.15) is 12.2 Å². The van der Waals surface area contributed by atoms with Crippen molar-refractivity contribution < 1.29 is 28.6 Å². The van der Waals surface area contributed by atoms with Gasteiger partial charge in [0.2, 0.25) is 5.91 Å². The molecule has 1 saturated heterocycles. The van der Waals surface area contributed by atoms with Gasteiger partial charge in [0, 0.05) is 24.4 Å². The SMILES string of the molecule is CC(C)(C)OC(=O)n1ncc2c(CC3COCCN(C(=O)C4(c5ccc(C(=O)OCc6ccccc6)cc5)CCCCC4)C3)cccc21. The monoisotopic (exact) mass is 651 g/mol. The molecule has 1 aromatic heterocycles. The van der Waals surface area contributed by atoms with Gasteiger partial charge in [-0.2, -0.15) is 9.78 Å². The zero-order valence-corrected chi connectivity index (χ0v) is 28.2. The summed E-state index contributed by atoms with van der Waals surface area (Å²) in [5.41, 5.74) is 2.82. The summed E-state index contributed by atoms with van der Waals surface area (Å²) in [6.45, 7) is 7.82. The smallest absolute Gasteiger partial charge is 0.435 e. The van der Waals surface area contributed by atoms with E-state index in [0.717, 1.165) is 54.2 Å². The third-order valence-corrected chi connectivity index (χ3v) is 9.41. The van der Waals surface area contributed by atoms with Crippen LogP contribution in [0.3, 0.4) is 0 Å². The summed E-state index contributed by atoms with van der Waals surface area (Å²) in [4.78, 5) is 42.3. The molecule has 1 aliphatic heterocycles. The maximum absolute atomic E-state index is 14.6. The van der Waals surface area contributed by atoms with Crippen molar-refractivity contribution in [3.05, 3.63) is 101 Å². The zero-order valence-electron chi connectivity index (χ0n) is 28.2. The molecule has 1 aliphatic carbocycles. The molecule has 1 saturated carbocycles. The van der Waals surface area contributed by atoms with E-state index in [9.17, 15) is 14.4 Å². The van der Waals surface area contributed by atoms with E-state index in [-0.39, 0.29) is 24.4 Å². The van der Waals surface area contributed by atoms with Gasteiger partial charge in [-0.3, -0.25) is 4.79 Å². The molecule has 252 valence electrons. The predicted octanol–water partition coefficient (Wildman–Crippen LogP) is 7.10. The Morgan fingerprint density at radius 3 is 2.42 bits per heavy atom. The van der Waals surface area contributed by atoms with Gasteiger partial charge in [-0.25, -0.2) is 9.59 Å². The molecule has 1 atom stereocenters. The fourth-order valence-electron chi connectivity index (χ4n) is 7.05. The third-order valence-electron chi connectivity index (χ3n) is 9.41. The Balaban J connectivity index is 1.18. The van der Waals surface area contributed by atoms with E-state index in [1.165, 1.54) is 4.68 Å². The highest BCUT2D eigenvalue weighted by molar-refractivity contribution is 5.92. The van der Waals surface area contributed by atoms with Crippen LogP contribution in [0.4, 0.5) is 4.79 Å². The summed E-state index contributed by atoms with van der Waals surface area (Å²) >= 11 is 0. The summed E-state index contributed by atoms with van der Waals surface area (Å²) in [6, 6.07) is 22.9. The normalized spacial score (nSPS) is 18.2. The first kappa shape index (κ1) is 33.4. The molecule has 48 heavy (non-hydrogen) atoms. The molecular formula is C39H45N3O6. The van der Waals surface area contributed by atoms with E-state index in [4.69, 9.17) is 14.2 Å². The number of ether oxygens (including phenoxy) is 3. The van der Waals surface area contributed by atoms with Crippen molar-refractivity contribution in [1.29, 1.82) is 0 Å². The number of hydrogen-bond acceptors (Lipinski definition) is 7. The minimum Gasteiger partial charge on any atom is -0.457 e. The fourth-order valence-corrected chi connectivity index (χ4v) is 7.05. The van der Waals surface area contributed by atoms with Crippen LogP contribution in [-0.2, 0) is 37.4 Å². The summed E-state index contributed by atoms with van der Waals surface area (Å²) in [6.07, 6.45) is 6.48. The van der Waals surface area contributed by atoms with Crippen molar-refractivity contribution >= 4 is 28.9 Å². The number of aromatic nitrogens is 2. The number of carbonyl (C=O) groups is 3. The van der Waals surface area contributed by atoms with Gasteiger partial charge in [0.15, 0.2) is 0 Å².